The second kappa shape index (κ2) is 9.11. The number of piperidine rings is 1. The summed E-state index contributed by atoms with van der Waals surface area (Å²) in [6.45, 7) is 3.39. The van der Waals surface area contributed by atoms with E-state index in [-0.39, 0.29) is 0 Å². The molecule has 1 N–H and O–H groups in total. The smallest absolute Gasteiger partial charge is 0.0406 e. The summed E-state index contributed by atoms with van der Waals surface area (Å²) in [6, 6.07) is 16.6. The normalized spacial score (nSPS) is 20.9. The predicted octanol–water partition coefficient (Wildman–Crippen LogP) is 6.14. The molecule has 118 valence electrons. The van der Waals surface area contributed by atoms with Crippen molar-refractivity contribution in [1.29, 1.82) is 0 Å². The number of nitrogens with one attached hydrogen (secondary N) is 1. The zero-order valence-corrected chi connectivity index (χ0v) is 16.2. The van der Waals surface area contributed by atoms with Crippen LogP contribution in [0.4, 0.5) is 0 Å². The first kappa shape index (κ1) is 18.1. The molecule has 2 atom stereocenters. The van der Waals surface area contributed by atoms with Crippen molar-refractivity contribution < 1.29 is 0 Å². The summed E-state index contributed by atoms with van der Waals surface area (Å²) in [7, 11) is 0. The van der Waals surface area contributed by atoms with Gasteiger partial charge >= 0.3 is 0 Å². The molecule has 1 saturated heterocycles. The van der Waals surface area contributed by atoms with Gasteiger partial charge in [-0.2, -0.15) is 0 Å². The van der Waals surface area contributed by atoms with E-state index in [2.05, 4.69) is 47.0 Å². The summed E-state index contributed by atoms with van der Waals surface area (Å²) in [6.07, 6.45) is 2.48. The van der Waals surface area contributed by atoms with Crippen LogP contribution in [0.15, 0.2) is 48.5 Å². The standard InChI is InChI=1S/C12H16ClN.C6H4ClI/c1-9-8-11(6-7-14-9)10-2-4-12(13)5-3-10;7-5-1-3-6(8)4-2-5/h2-5,9,11,14H,6-8H2,1H3;1-4H/t9-,11?;/m1./s1. The minimum atomic E-state index is 0.643. The second-order valence-corrected chi connectivity index (χ2v) is 7.68. The summed E-state index contributed by atoms with van der Waals surface area (Å²) < 4.78 is 1.21. The second-order valence-electron chi connectivity index (χ2n) is 5.56. The number of benzene rings is 2. The monoisotopic (exact) mass is 447 g/mol. The molecule has 22 heavy (non-hydrogen) atoms. The van der Waals surface area contributed by atoms with Crippen molar-refractivity contribution in [3.8, 4) is 0 Å². The summed E-state index contributed by atoms with van der Waals surface area (Å²) in [5.74, 6) is 0.712. The summed E-state index contributed by atoms with van der Waals surface area (Å²) in [5.41, 5.74) is 1.43. The van der Waals surface area contributed by atoms with E-state index in [1.807, 2.05) is 36.4 Å². The quantitative estimate of drug-likeness (QED) is 0.517. The molecule has 1 aliphatic heterocycles. The van der Waals surface area contributed by atoms with E-state index in [9.17, 15) is 0 Å². The molecular formula is C18H20Cl2IN. The van der Waals surface area contributed by atoms with E-state index in [0.29, 0.717) is 12.0 Å². The Morgan fingerprint density at radius 3 is 2.00 bits per heavy atom. The molecule has 0 amide bonds. The molecule has 1 nitrogen and oxygen atoms in total. The number of rotatable bonds is 1. The van der Waals surface area contributed by atoms with E-state index >= 15 is 0 Å². The fourth-order valence-corrected chi connectivity index (χ4v) is 3.21. The molecule has 4 heteroatoms. The average molecular weight is 448 g/mol. The molecule has 1 heterocycles. The van der Waals surface area contributed by atoms with Crippen molar-refractivity contribution in [3.05, 3.63) is 67.7 Å². The van der Waals surface area contributed by atoms with E-state index in [0.717, 1.165) is 16.6 Å². The Labute approximate surface area is 156 Å². The highest BCUT2D eigenvalue weighted by Gasteiger charge is 2.19. The third-order valence-corrected chi connectivity index (χ3v) is 4.99. The van der Waals surface area contributed by atoms with Crippen LogP contribution >= 0.6 is 45.8 Å². The molecule has 0 radical (unpaired) electrons. The van der Waals surface area contributed by atoms with Crippen LogP contribution in [0.5, 0.6) is 0 Å². The van der Waals surface area contributed by atoms with Gasteiger partial charge in [-0.05, 0) is 96.8 Å². The van der Waals surface area contributed by atoms with Gasteiger partial charge in [-0.25, -0.2) is 0 Å². The third-order valence-electron chi connectivity index (χ3n) is 3.77. The summed E-state index contributed by atoms with van der Waals surface area (Å²) in [5, 5.41) is 5.09. The van der Waals surface area contributed by atoms with Crippen LogP contribution in [0.25, 0.3) is 0 Å². The lowest BCUT2D eigenvalue weighted by Gasteiger charge is -2.28. The Morgan fingerprint density at radius 1 is 0.955 bits per heavy atom. The fourth-order valence-electron chi connectivity index (χ4n) is 2.60. The largest absolute Gasteiger partial charge is 0.314 e. The van der Waals surface area contributed by atoms with Gasteiger partial charge < -0.3 is 5.32 Å². The molecule has 1 fully saturated rings. The molecule has 1 aliphatic rings. The lowest BCUT2D eigenvalue weighted by Crippen LogP contribution is -2.34. The molecule has 0 aliphatic carbocycles. The van der Waals surface area contributed by atoms with Gasteiger partial charge in [0.05, 0.1) is 0 Å². The Balaban J connectivity index is 0.000000188. The van der Waals surface area contributed by atoms with Crippen molar-refractivity contribution in [2.45, 2.75) is 31.7 Å². The molecule has 1 unspecified atom stereocenters. The van der Waals surface area contributed by atoms with Crippen LogP contribution in [0.1, 0.15) is 31.2 Å². The Morgan fingerprint density at radius 2 is 1.50 bits per heavy atom. The Bertz CT molecular complexity index is 548. The first-order chi connectivity index (χ1) is 10.5. The third kappa shape index (κ3) is 6.07. The predicted molar refractivity (Wildman–Crippen MR) is 105 cm³/mol. The van der Waals surface area contributed by atoms with E-state index in [4.69, 9.17) is 23.2 Å². The van der Waals surface area contributed by atoms with Crippen LogP contribution in [-0.2, 0) is 0 Å². The van der Waals surface area contributed by atoms with Crippen molar-refractivity contribution in [2.24, 2.45) is 0 Å². The van der Waals surface area contributed by atoms with Gasteiger partial charge in [-0.1, -0.05) is 35.3 Å². The van der Waals surface area contributed by atoms with Crippen LogP contribution in [0, 0.1) is 3.57 Å². The van der Waals surface area contributed by atoms with Crippen molar-refractivity contribution >= 4 is 45.8 Å². The first-order valence-electron chi connectivity index (χ1n) is 7.44. The van der Waals surface area contributed by atoms with Crippen molar-refractivity contribution in [2.75, 3.05) is 6.54 Å². The fraction of sp³-hybridized carbons (Fsp3) is 0.333. The highest BCUT2D eigenvalue weighted by molar-refractivity contribution is 14.1. The van der Waals surface area contributed by atoms with Crippen molar-refractivity contribution in [1.82, 2.24) is 5.32 Å². The maximum atomic E-state index is 5.87. The molecule has 2 aromatic carbocycles. The molecule has 3 rings (SSSR count). The zero-order chi connectivity index (χ0) is 15.9. The average Bonchev–Trinajstić information content (AvgIpc) is 2.52. The van der Waals surface area contributed by atoms with Gasteiger partial charge in [0, 0.05) is 19.7 Å². The topological polar surface area (TPSA) is 12.0 Å². The Kier molecular flexibility index (Phi) is 7.48. The van der Waals surface area contributed by atoms with Gasteiger partial charge in [-0.3, -0.25) is 0 Å². The van der Waals surface area contributed by atoms with Gasteiger partial charge in [0.25, 0.3) is 0 Å². The molecule has 0 aromatic heterocycles. The van der Waals surface area contributed by atoms with Gasteiger partial charge in [0.15, 0.2) is 0 Å². The molecule has 0 spiro atoms. The zero-order valence-electron chi connectivity index (χ0n) is 12.5. The van der Waals surface area contributed by atoms with Crippen molar-refractivity contribution in [3.63, 3.8) is 0 Å². The highest BCUT2D eigenvalue weighted by atomic mass is 127. The molecular weight excluding hydrogens is 428 g/mol. The number of hydrogen-bond donors (Lipinski definition) is 1. The number of halogens is 3. The molecule has 0 saturated carbocycles. The minimum absolute atomic E-state index is 0.643. The van der Waals surface area contributed by atoms with Gasteiger partial charge in [0.1, 0.15) is 0 Å². The van der Waals surface area contributed by atoms with Crippen LogP contribution in [-0.4, -0.2) is 12.6 Å². The SMILES string of the molecule is C[C@@H]1CC(c2ccc(Cl)cc2)CCN1.Clc1ccc(I)cc1. The lowest BCUT2D eigenvalue weighted by atomic mass is 9.87. The maximum absolute atomic E-state index is 5.87. The molecule has 0 bridgehead atoms. The molecule has 2 aromatic rings. The summed E-state index contributed by atoms with van der Waals surface area (Å²) in [4.78, 5) is 0. The van der Waals surface area contributed by atoms with Crippen LogP contribution < -0.4 is 5.32 Å². The highest BCUT2D eigenvalue weighted by Crippen LogP contribution is 2.28. The number of hydrogen-bond acceptors (Lipinski definition) is 1. The van der Waals surface area contributed by atoms with Crippen LogP contribution in [0.3, 0.4) is 0 Å². The van der Waals surface area contributed by atoms with E-state index in [1.165, 1.54) is 22.0 Å². The first-order valence-corrected chi connectivity index (χ1v) is 9.28. The minimum Gasteiger partial charge on any atom is -0.314 e. The van der Waals surface area contributed by atoms with E-state index < -0.39 is 0 Å². The van der Waals surface area contributed by atoms with E-state index in [1.54, 1.807) is 0 Å². The Hall–Kier alpha value is -0.290. The summed E-state index contributed by atoms with van der Waals surface area (Å²) >= 11 is 13.7. The van der Waals surface area contributed by atoms with Gasteiger partial charge in [0.2, 0.25) is 0 Å². The van der Waals surface area contributed by atoms with Crippen LogP contribution in [0.2, 0.25) is 10.0 Å². The maximum Gasteiger partial charge on any atom is 0.0406 e. The van der Waals surface area contributed by atoms with Gasteiger partial charge in [-0.15, -0.1) is 0 Å². The lowest BCUT2D eigenvalue weighted by molar-refractivity contribution is 0.381.